The van der Waals surface area contributed by atoms with Crippen LogP contribution in [0.5, 0.6) is 0 Å². The first-order valence-electron chi connectivity index (χ1n) is 6.45. The fourth-order valence-corrected chi connectivity index (χ4v) is 3.57. The van der Waals surface area contributed by atoms with Gasteiger partial charge >= 0.3 is 0 Å². The minimum Gasteiger partial charge on any atom is -0.328 e. The lowest BCUT2D eigenvalue weighted by Crippen LogP contribution is -2.45. The van der Waals surface area contributed by atoms with Crippen molar-refractivity contribution in [1.82, 2.24) is 0 Å². The third-order valence-corrected chi connectivity index (χ3v) is 4.43. The van der Waals surface area contributed by atoms with E-state index in [0.717, 1.165) is 25.7 Å². The van der Waals surface area contributed by atoms with Gasteiger partial charge in [0.15, 0.2) is 0 Å². The first-order chi connectivity index (χ1) is 7.06. The van der Waals surface area contributed by atoms with Crippen molar-refractivity contribution in [1.29, 1.82) is 0 Å². The van der Waals surface area contributed by atoms with Crippen molar-refractivity contribution in [3.05, 3.63) is 0 Å². The maximum atomic E-state index is 14.8. The van der Waals surface area contributed by atoms with Crippen LogP contribution in [0.2, 0.25) is 0 Å². The molecule has 0 heterocycles. The zero-order chi connectivity index (χ0) is 11.1. The lowest BCUT2D eigenvalue weighted by Gasteiger charge is -2.40. The second kappa shape index (κ2) is 4.04. The minimum absolute atomic E-state index is 0.230. The SMILES string of the molecule is CC1CC(C)CC(C(F)(CN)C2CC2)C1. The third kappa shape index (κ3) is 2.20. The fraction of sp³-hybridized carbons (Fsp3) is 1.00. The molecule has 0 bridgehead atoms. The maximum Gasteiger partial charge on any atom is 0.128 e. The van der Waals surface area contributed by atoms with Gasteiger partial charge in [-0.3, -0.25) is 0 Å². The third-order valence-electron chi connectivity index (χ3n) is 4.43. The quantitative estimate of drug-likeness (QED) is 0.766. The highest BCUT2D eigenvalue weighted by atomic mass is 19.1. The summed E-state index contributed by atoms with van der Waals surface area (Å²) in [5.74, 6) is 1.87. The summed E-state index contributed by atoms with van der Waals surface area (Å²) in [6.45, 7) is 4.75. The van der Waals surface area contributed by atoms with E-state index >= 15 is 0 Å². The molecule has 2 aliphatic carbocycles. The number of hydrogen-bond acceptors (Lipinski definition) is 1. The van der Waals surface area contributed by atoms with Crippen molar-refractivity contribution in [3.63, 3.8) is 0 Å². The summed E-state index contributed by atoms with van der Waals surface area (Å²) >= 11 is 0. The fourth-order valence-electron chi connectivity index (χ4n) is 3.57. The average molecular weight is 213 g/mol. The van der Waals surface area contributed by atoms with Crippen molar-refractivity contribution in [2.45, 2.75) is 51.6 Å². The van der Waals surface area contributed by atoms with Crippen LogP contribution >= 0.6 is 0 Å². The zero-order valence-corrected chi connectivity index (χ0v) is 10.0. The lowest BCUT2D eigenvalue weighted by atomic mass is 9.69. The highest BCUT2D eigenvalue weighted by molar-refractivity contribution is 5.02. The molecule has 0 saturated heterocycles. The Labute approximate surface area is 92.6 Å². The van der Waals surface area contributed by atoms with Gasteiger partial charge in [0.05, 0.1) is 0 Å². The van der Waals surface area contributed by atoms with E-state index in [1.54, 1.807) is 0 Å². The van der Waals surface area contributed by atoms with Crippen LogP contribution < -0.4 is 5.73 Å². The molecule has 0 aromatic rings. The molecule has 0 aliphatic heterocycles. The Morgan fingerprint density at radius 1 is 1.07 bits per heavy atom. The molecule has 2 heteroatoms. The largest absolute Gasteiger partial charge is 0.328 e. The molecular formula is C13H24FN. The average Bonchev–Trinajstić information content (AvgIpc) is 2.98. The first kappa shape index (κ1) is 11.4. The normalized spacial score (nSPS) is 41.2. The highest BCUT2D eigenvalue weighted by Crippen LogP contribution is 2.51. The molecule has 2 aliphatic rings. The van der Waals surface area contributed by atoms with E-state index in [9.17, 15) is 4.39 Å². The number of rotatable bonds is 3. The van der Waals surface area contributed by atoms with E-state index in [-0.39, 0.29) is 18.4 Å². The van der Waals surface area contributed by atoms with Crippen molar-refractivity contribution in [2.24, 2.45) is 29.4 Å². The van der Waals surface area contributed by atoms with Crippen molar-refractivity contribution < 1.29 is 4.39 Å². The second-order valence-corrected chi connectivity index (χ2v) is 6.02. The van der Waals surface area contributed by atoms with Crippen molar-refractivity contribution in [3.8, 4) is 0 Å². The molecule has 0 amide bonds. The van der Waals surface area contributed by atoms with Crippen LogP contribution in [-0.2, 0) is 0 Å². The van der Waals surface area contributed by atoms with E-state index in [0.29, 0.717) is 11.8 Å². The summed E-state index contributed by atoms with van der Waals surface area (Å²) in [5, 5.41) is 0. The number of halogens is 1. The number of hydrogen-bond donors (Lipinski definition) is 1. The van der Waals surface area contributed by atoms with Gasteiger partial charge in [0.2, 0.25) is 0 Å². The Kier molecular flexibility index (Phi) is 3.07. The van der Waals surface area contributed by atoms with E-state index in [2.05, 4.69) is 13.8 Å². The van der Waals surface area contributed by atoms with Crippen LogP contribution in [-0.4, -0.2) is 12.2 Å². The van der Waals surface area contributed by atoms with Gasteiger partial charge < -0.3 is 5.73 Å². The van der Waals surface area contributed by atoms with Gasteiger partial charge in [0.1, 0.15) is 5.67 Å². The van der Waals surface area contributed by atoms with E-state index in [1.165, 1.54) is 6.42 Å². The van der Waals surface area contributed by atoms with Gasteiger partial charge in [-0.05, 0) is 55.8 Å². The molecule has 0 radical (unpaired) electrons. The molecule has 2 fully saturated rings. The first-order valence-corrected chi connectivity index (χ1v) is 6.45. The van der Waals surface area contributed by atoms with Gasteiger partial charge in [-0.25, -0.2) is 4.39 Å². The predicted octanol–water partition coefficient (Wildman–Crippen LogP) is 3.14. The van der Waals surface area contributed by atoms with Crippen LogP contribution in [0.1, 0.15) is 46.0 Å². The van der Waals surface area contributed by atoms with E-state index in [4.69, 9.17) is 5.73 Å². The molecule has 1 nitrogen and oxygen atoms in total. The summed E-state index contributed by atoms with van der Waals surface area (Å²) in [6, 6.07) is 0. The highest BCUT2D eigenvalue weighted by Gasteiger charge is 2.51. The van der Waals surface area contributed by atoms with Gasteiger partial charge in [0, 0.05) is 6.54 Å². The molecule has 2 rings (SSSR count). The number of nitrogens with two attached hydrogens (primary N) is 1. The molecule has 2 saturated carbocycles. The van der Waals surface area contributed by atoms with Crippen LogP contribution in [0.15, 0.2) is 0 Å². The Bertz CT molecular complexity index is 217. The zero-order valence-electron chi connectivity index (χ0n) is 10.0. The van der Waals surface area contributed by atoms with Gasteiger partial charge in [-0.15, -0.1) is 0 Å². The molecule has 88 valence electrons. The second-order valence-electron chi connectivity index (χ2n) is 6.02. The smallest absolute Gasteiger partial charge is 0.128 e. The molecule has 0 aromatic heterocycles. The maximum absolute atomic E-state index is 14.8. The van der Waals surface area contributed by atoms with Crippen LogP contribution in [0.4, 0.5) is 4.39 Å². The van der Waals surface area contributed by atoms with E-state index in [1.807, 2.05) is 0 Å². The summed E-state index contributed by atoms with van der Waals surface area (Å²) in [6.07, 6.45) is 5.49. The van der Waals surface area contributed by atoms with Gasteiger partial charge in [0.25, 0.3) is 0 Å². The summed E-state index contributed by atoms with van der Waals surface area (Å²) in [5.41, 5.74) is 4.66. The Balaban J connectivity index is 2.06. The Morgan fingerprint density at radius 2 is 1.60 bits per heavy atom. The standard InChI is InChI=1S/C13H24FN/c1-9-5-10(2)7-12(6-9)13(14,8-15)11-3-4-11/h9-12H,3-8,15H2,1-2H3. The molecule has 0 aromatic carbocycles. The summed E-state index contributed by atoms with van der Waals surface area (Å²) in [7, 11) is 0. The van der Waals surface area contributed by atoms with Crippen molar-refractivity contribution >= 4 is 0 Å². The molecular weight excluding hydrogens is 189 g/mol. The van der Waals surface area contributed by atoms with Crippen molar-refractivity contribution in [2.75, 3.05) is 6.54 Å². The van der Waals surface area contributed by atoms with Gasteiger partial charge in [-0.2, -0.15) is 0 Å². The molecule has 0 spiro atoms. The minimum atomic E-state index is -1.04. The molecule has 15 heavy (non-hydrogen) atoms. The van der Waals surface area contributed by atoms with Crippen LogP contribution in [0.25, 0.3) is 0 Å². The molecule has 3 atom stereocenters. The molecule has 2 N–H and O–H groups in total. The predicted molar refractivity (Wildman–Crippen MR) is 61.3 cm³/mol. The summed E-state index contributed by atoms with van der Waals surface area (Å²) in [4.78, 5) is 0. The van der Waals surface area contributed by atoms with Crippen LogP contribution in [0, 0.1) is 23.7 Å². The topological polar surface area (TPSA) is 26.0 Å². The summed E-state index contributed by atoms with van der Waals surface area (Å²) < 4.78 is 14.8. The Morgan fingerprint density at radius 3 is 2.00 bits per heavy atom. The lowest BCUT2D eigenvalue weighted by molar-refractivity contribution is 0.0163. The van der Waals surface area contributed by atoms with Crippen LogP contribution in [0.3, 0.4) is 0 Å². The van der Waals surface area contributed by atoms with Gasteiger partial charge in [-0.1, -0.05) is 13.8 Å². The molecule has 3 unspecified atom stereocenters. The number of alkyl halides is 1. The monoisotopic (exact) mass is 213 g/mol. The van der Waals surface area contributed by atoms with E-state index < -0.39 is 5.67 Å². The Hall–Kier alpha value is -0.110.